The number of aromatic nitrogens is 4. The van der Waals surface area contributed by atoms with Gasteiger partial charge in [0.25, 0.3) is 5.91 Å². The molecule has 1 aliphatic rings. The Labute approximate surface area is 217 Å². The molecule has 0 radical (unpaired) electrons. The lowest BCUT2D eigenvalue weighted by molar-refractivity contribution is 0.00803. The molecule has 1 saturated heterocycles. The predicted molar refractivity (Wildman–Crippen MR) is 145 cm³/mol. The molecule has 2 aromatic carbocycles. The van der Waals surface area contributed by atoms with Crippen molar-refractivity contribution in [2.75, 3.05) is 25.0 Å². The maximum absolute atomic E-state index is 13.4. The van der Waals surface area contributed by atoms with E-state index in [1.165, 1.54) is 6.42 Å². The number of carbonyl (C=O) groups excluding carboxylic acids is 1. The van der Waals surface area contributed by atoms with E-state index in [0.717, 1.165) is 54.9 Å². The fourth-order valence-corrected chi connectivity index (χ4v) is 4.86. The first-order chi connectivity index (χ1) is 18.2. The van der Waals surface area contributed by atoms with E-state index in [-0.39, 0.29) is 17.9 Å². The molecule has 2 unspecified atom stereocenters. The molecular weight excluding hydrogens is 464 g/mol. The van der Waals surface area contributed by atoms with Gasteiger partial charge in [-0.15, -0.1) is 0 Å². The standard InChI is InChI=1S/C29H34N6O2/c1-2-3-5-13-25(27-19-30-14-15-37-27)26-20-35(24-11-6-4-7-12-24)29(33-26)34-28(36)22-10-8-9-21(16-22)23-17-31-32-18-23/h4,6-12,16-18,20,25,27,30H,2-3,5,13-15,19H2,1H3,(H,31,32)(H,33,34,36). The van der Waals surface area contributed by atoms with Gasteiger partial charge in [-0.1, -0.05) is 56.5 Å². The summed E-state index contributed by atoms with van der Waals surface area (Å²) in [5.41, 5.74) is 4.29. The van der Waals surface area contributed by atoms with Gasteiger partial charge < -0.3 is 10.1 Å². The highest BCUT2D eigenvalue weighted by Crippen LogP contribution is 2.31. The summed E-state index contributed by atoms with van der Waals surface area (Å²) in [6.07, 6.45) is 10.1. The van der Waals surface area contributed by atoms with Crippen LogP contribution in [0.2, 0.25) is 0 Å². The van der Waals surface area contributed by atoms with Crippen LogP contribution in [-0.4, -0.2) is 51.5 Å². The number of hydrogen-bond acceptors (Lipinski definition) is 5. The predicted octanol–water partition coefficient (Wildman–Crippen LogP) is 5.17. The Bertz CT molecular complexity index is 1280. The van der Waals surface area contributed by atoms with E-state index < -0.39 is 0 Å². The molecule has 1 fully saturated rings. The van der Waals surface area contributed by atoms with Gasteiger partial charge in [0.2, 0.25) is 5.95 Å². The second-order valence-electron chi connectivity index (χ2n) is 9.43. The van der Waals surface area contributed by atoms with Crippen molar-refractivity contribution < 1.29 is 9.53 Å². The van der Waals surface area contributed by atoms with Gasteiger partial charge >= 0.3 is 0 Å². The molecule has 3 heterocycles. The molecule has 0 saturated carbocycles. The first-order valence-corrected chi connectivity index (χ1v) is 13.1. The summed E-state index contributed by atoms with van der Waals surface area (Å²) in [5.74, 6) is 0.436. The molecule has 2 aromatic heterocycles. The van der Waals surface area contributed by atoms with Gasteiger partial charge in [0.15, 0.2) is 0 Å². The largest absolute Gasteiger partial charge is 0.375 e. The van der Waals surface area contributed by atoms with E-state index in [2.05, 4.69) is 34.0 Å². The van der Waals surface area contributed by atoms with Crippen molar-refractivity contribution in [2.45, 2.75) is 44.6 Å². The van der Waals surface area contributed by atoms with Crippen LogP contribution in [0.1, 0.15) is 54.6 Å². The van der Waals surface area contributed by atoms with Crippen LogP contribution in [0.5, 0.6) is 0 Å². The van der Waals surface area contributed by atoms with Gasteiger partial charge in [0, 0.05) is 48.2 Å². The van der Waals surface area contributed by atoms with Crippen LogP contribution in [-0.2, 0) is 4.74 Å². The number of carbonyl (C=O) groups is 1. The zero-order valence-corrected chi connectivity index (χ0v) is 21.2. The molecule has 2 atom stereocenters. The molecule has 5 rings (SSSR count). The Morgan fingerprint density at radius 1 is 1.16 bits per heavy atom. The normalized spacial score (nSPS) is 16.4. The first-order valence-electron chi connectivity index (χ1n) is 13.1. The zero-order valence-electron chi connectivity index (χ0n) is 21.2. The van der Waals surface area contributed by atoms with Crippen molar-refractivity contribution in [1.82, 2.24) is 25.1 Å². The summed E-state index contributed by atoms with van der Waals surface area (Å²) >= 11 is 0. The molecule has 192 valence electrons. The van der Waals surface area contributed by atoms with Crippen molar-refractivity contribution in [1.29, 1.82) is 0 Å². The Morgan fingerprint density at radius 3 is 2.81 bits per heavy atom. The topological polar surface area (TPSA) is 96.9 Å². The first kappa shape index (κ1) is 24.9. The number of ether oxygens (including phenoxy) is 1. The lowest BCUT2D eigenvalue weighted by atomic mass is 9.92. The van der Waals surface area contributed by atoms with Crippen LogP contribution in [0.25, 0.3) is 16.8 Å². The van der Waals surface area contributed by atoms with E-state index in [1.807, 2.05) is 65.4 Å². The molecule has 37 heavy (non-hydrogen) atoms. The van der Waals surface area contributed by atoms with Crippen LogP contribution in [0.3, 0.4) is 0 Å². The highest BCUT2D eigenvalue weighted by molar-refractivity contribution is 6.04. The molecule has 0 spiro atoms. The van der Waals surface area contributed by atoms with Crippen LogP contribution in [0, 0.1) is 0 Å². The minimum Gasteiger partial charge on any atom is -0.375 e. The van der Waals surface area contributed by atoms with Crippen LogP contribution in [0.4, 0.5) is 5.95 Å². The third kappa shape index (κ3) is 5.98. The fourth-order valence-electron chi connectivity index (χ4n) is 4.86. The quantitative estimate of drug-likeness (QED) is 0.262. The number of morpholine rings is 1. The van der Waals surface area contributed by atoms with Crippen molar-refractivity contribution in [3.05, 3.63) is 84.4 Å². The molecule has 0 aliphatic carbocycles. The molecule has 8 nitrogen and oxygen atoms in total. The number of hydrogen-bond donors (Lipinski definition) is 3. The molecule has 4 aromatic rings. The van der Waals surface area contributed by atoms with Crippen LogP contribution in [0.15, 0.2) is 73.2 Å². The monoisotopic (exact) mass is 498 g/mol. The number of aromatic amines is 1. The third-order valence-electron chi connectivity index (χ3n) is 6.84. The maximum atomic E-state index is 13.4. The molecule has 1 amide bonds. The Kier molecular flexibility index (Phi) is 8.08. The summed E-state index contributed by atoms with van der Waals surface area (Å²) in [5, 5.41) is 13.4. The van der Waals surface area contributed by atoms with E-state index >= 15 is 0 Å². The van der Waals surface area contributed by atoms with Gasteiger partial charge in [-0.2, -0.15) is 5.10 Å². The molecule has 3 N–H and O–H groups in total. The van der Waals surface area contributed by atoms with Gasteiger partial charge in [-0.25, -0.2) is 4.98 Å². The van der Waals surface area contributed by atoms with E-state index in [4.69, 9.17) is 9.72 Å². The number of benzene rings is 2. The minimum atomic E-state index is -0.210. The lowest BCUT2D eigenvalue weighted by Gasteiger charge is -2.30. The Balaban J connectivity index is 1.46. The highest BCUT2D eigenvalue weighted by atomic mass is 16.5. The molecular formula is C29H34N6O2. The van der Waals surface area contributed by atoms with Crippen LogP contribution < -0.4 is 10.6 Å². The van der Waals surface area contributed by atoms with Crippen molar-refractivity contribution in [2.24, 2.45) is 0 Å². The van der Waals surface area contributed by atoms with Crippen molar-refractivity contribution in [3.63, 3.8) is 0 Å². The summed E-state index contributed by atoms with van der Waals surface area (Å²) in [6.45, 7) is 4.59. The fraction of sp³-hybridized carbons (Fsp3) is 0.345. The maximum Gasteiger partial charge on any atom is 0.258 e. The number of para-hydroxylation sites is 1. The minimum absolute atomic E-state index is 0.0555. The smallest absolute Gasteiger partial charge is 0.258 e. The number of H-pyrrole nitrogens is 1. The number of nitrogens with zero attached hydrogens (tertiary/aromatic N) is 3. The third-order valence-corrected chi connectivity index (χ3v) is 6.84. The van der Waals surface area contributed by atoms with Gasteiger partial charge in [-0.3, -0.25) is 19.8 Å². The lowest BCUT2D eigenvalue weighted by Crippen LogP contribution is -2.42. The second kappa shape index (κ2) is 12.0. The van der Waals surface area contributed by atoms with Crippen molar-refractivity contribution in [3.8, 4) is 16.8 Å². The molecule has 8 heteroatoms. The van der Waals surface area contributed by atoms with Crippen molar-refractivity contribution >= 4 is 11.9 Å². The second-order valence-corrected chi connectivity index (χ2v) is 9.43. The SMILES string of the molecule is CCCCCC(c1cn(-c2ccccc2)c(NC(=O)c2cccc(-c3cn[nH]c3)c2)n1)C1CNCCO1. The Morgan fingerprint density at radius 2 is 2.05 bits per heavy atom. The van der Waals surface area contributed by atoms with Gasteiger partial charge in [-0.05, 0) is 36.2 Å². The number of unbranched alkanes of at least 4 members (excludes halogenated alkanes) is 2. The average molecular weight is 499 g/mol. The summed E-state index contributed by atoms with van der Waals surface area (Å²) in [7, 11) is 0. The summed E-state index contributed by atoms with van der Waals surface area (Å²) in [4.78, 5) is 18.4. The number of imidazole rings is 1. The van der Waals surface area contributed by atoms with E-state index in [0.29, 0.717) is 18.1 Å². The van der Waals surface area contributed by atoms with Crippen LogP contribution >= 0.6 is 0 Å². The average Bonchev–Trinajstić information content (AvgIpc) is 3.63. The van der Waals surface area contributed by atoms with Gasteiger partial charge in [0.1, 0.15) is 0 Å². The highest BCUT2D eigenvalue weighted by Gasteiger charge is 2.29. The van der Waals surface area contributed by atoms with E-state index in [9.17, 15) is 4.79 Å². The molecule has 1 aliphatic heterocycles. The number of amides is 1. The van der Waals surface area contributed by atoms with Gasteiger partial charge in [0.05, 0.1) is 24.6 Å². The van der Waals surface area contributed by atoms with E-state index in [1.54, 1.807) is 6.20 Å². The molecule has 0 bridgehead atoms. The summed E-state index contributed by atoms with van der Waals surface area (Å²) in [6, 6.07) is 17.5. The zero-order chi connectivity index (χ0) is 25.5. The number of nitrogens with one attached hydrogen (secondary N) is 3. The number of rotatable bonds is 10. The number of anilines is 1. The Hall–Kier alpha value is -3.75. The summed E-state index contributed by atoms with van der Waals surface area (Å²) < 4.78 is 8.14.